The molecule has 2 aromatic rings. The zero-order valence-corrected chi connectivity index (χ0v) is 13.9. The summed E-state index contributed by atoms with van der Waals surface area (Å²) >= 11 is 0. The van der Waals surface area contributed by atoms with Crippen molar-refractivity contribution in [3.63, 3.8) is 0 Å². The predicted octanol–water partition coefficient (Wildman–Crippen LogP) is 2.37. The lowest BCUT2D eigenvalue weighted by molar-refractivity contribution is 0.0492. The maximum absolute atomic E-state index is 10.5. The van der Waals surface area contributed by atoms with Gasteiger partial charge in [-0.1, -0.05) is 12.1 Å². The number of piperidine rings is 1. The highest BCUT2D eigenvalue weighted by atomic mass is 16.5. The van der Waals surface area contributed by atoms with Gasteiger partial charge in [-0.2, -0.15) is 0 Å². The average molecular weight is 315 g/mol. The van der Waals surface area contributed by atoms with Crippen molar-refractivity contribution in [1.29, 1.82) is 0 Å². The summed E-state index contributed by atoms with van der Waals surface area (Å²) in [6, 6.07) is 8.25. The molecule has 1 fully saturated rings. The molecule has 1 atom stereocenters. The van der Waals surface area contributed by atoms with Gasteiger partial charge in [-0.05, 0) is 49.5 Å². The number of ether oxygens (including phenoxy) is 1. The van der Waals surface area contributed by atoms with Crippen molar-refractivity contribution >= 4 is 0 Å². The van der Waals surface area contributed by atoms with Gasteiger partial charge in [0, 0.05) is 26.0 Å². The Morgan fingerprint density at radius 1 is 1.26 bits per heavy atom. The number of aromatic nitrogens is 2. The number of likely N-dealkylation sites (tertiary alicyclic amines) is 1. The van der Waals surface area contributed by atoms with E-state index in [0.29, 0.717) is 5.92 Å². The fraction of sp³-hybridized carbons (Fsp3) is 0.500. The molecule has 1 aliphatic heterocycles. The normalized spacial score (nSPS) is 18.0. The van der Waals surface area contributed by atoms with E-state index in [4.69, 9.17) is 4.74 Å². The van der Waals surface area contributed by atoms with Gasteiger partial charge in [0.2, 0.25) is 0 Å². The molecular formula is C18H25N3O2. The molecule has 0 bridgehead atoms. The zero-order chi connectivity index (χ0) is 16.2. The van der Waals surface area contributed by atoms with E-state index in [9.17, 15) is 5.11 Å². The second kappa shape index (κ2) is 7.15. The van der Waals surface area contributed by atoms with Crippen molar-refractivity contribution < 1.29 is 9.84 Å². The van der Waals surface area contributed by atoms with Gasteiger partial charge in [-0.3, -0.25) is 4.90 Å². The molecule has 1 aliphatic rings. The Labute approximate surface area is 137 Å². The van der Waals surface area contributed by atoms with Crippen LogP contribution in [0.25, 0.3) is 0 Å². The molecule has 0 amide bonds. The quantitative estimate of drug-likeness (QED) is 0.920. The molecule has 1 aromatic heterocycles. The maximum Gasteiger partial charge on any atom is 0.137 e. The van der Waals surface area contributed by atoms with Crippen molar-refractivity contribution in [2.24, 2.45) is 13.0 Å². The standard InChI is InChI=1S/C18H25N3O2/c1-20-12-9-19-18(20)17(22)15-7-10-21(11-8-15)13-14-3-5-16(23-2)6-4-14/h3-6,9,12,15,17,22H,7-8,10-11,13H2,1-2H3. The zero-order valence-electron chi connectivity index (χ0n) is 13.9. The van der Waals surface area contributed by atoms with E-state index in [-0.39, 0.29) is 0 Å². The van der Waals surface area contributed by atoms with E-state index >= 15 is 0 Å². The van der Waals surface area contributed by atoms with Crippen molar-refractivity contribution in [3.8, 4) is 5.75 Å². The van der Waals surface area contributed by atoms with E-state index in [1.165, 1.54) is 5.56 Å². The van der Waals surface area contributed by atoms with Crippen molar-refractivity contribution in [2.75, 3.05) is 20.2 Å². The number of methoxy groups -OCH3 is 1. The van der Waals surface area contributed by atoms with Gasteiger partial charge in [0.05, 0.1) is 7.11 Å². The number of nitrogens with zero attached hydrogens (tertiary/aromatic N) is 3. The molecule has 23 heavy (non-hydrogen) atoms. The fourth-order valence-corrected chi connectivity index (χ4v) is 3.29. The third-order valence-electron chi connectivity index (χ3n) is 4.77. The van der Waals surface area contributed by atoms with Crippen LogP contribution in [-0.2, 0) is 13.6 Å². The molecule has 5 heteroatoms. The van der Waals surface area contributed by atoms with E-state index in [1.54, 1.807) is 13.3 Å². The summed E-state index contributed by atoms with van der Waals surface area (Å²) in [4.78, 5) is 6.73. The molecule has 5 nitrogen and oxygen atoms in total. The van der Waals surface area contributed by atoms with Crippen LogP contribution >= 0.6 is 0 Å². The van der Waals surface area contributed by atoms with E-state index in [2.05, 4.69) is 22.0 Å². The monoisotopic (exact) mass is 315 g/mol. The smallest absolute Gasteiger partial charge is 0.137 e. The molecule has 0 saturated carbocycles. The van der Waals surface area contributed by atoms with Gasteiger partial charge in [0.25, 0.3) is 0 Å². The molecule has 3 rings (SSSR count). The Balaban J connectivity index is 1.52. The number of imidazole rings is 1. The Hall–Kier alpha value is -1.85. The van der Waals surface area contributed by atoms with Gasteiger partial charge in [-0.15, -0.1) is 0 Å². The number of aliphatic hydroxyl groups excluding tert-OH is 1. The average Bonchev–Trinajstić information content (AvgIpc) is 3.02. The van der Waals surface area contributed by atoms with Crippen molar-refractivity contribution in [3.05, 3.63) is 48.0 Å². The minimum absolute atomic E-state index is 0.295. The molecule has 124 valence electrons. The van der Waals surface area contributed by atoms with Crippen molar-refractivity contribution in [1.82, 2.24) is 14.5 Å². The first-order valence-corrected chi connectivity index (χ1v) is 8.18. The van der Waals surface area contributed by atoms with Crippen LogP contribution in [0.1, 0.15) is 30.3 Å². The summed E-state index contributed by atoms with van der Waals surface area (Å²) in [5.74, 6) is 1.97. The van der Waals surface area contributed by atoms with Crippen LogP contribution in [0, 0.1) is 5.92 Å². The highest BCUT2D eigenvalue weighted by Crippen LogP contribution is 2.30. The van der Waals surface area contributed by atoms with Gasteiger partial charge in [-0.25, -0.2) is 4.98 Å². The van der Waals surface area contributed by atoms with Gasteiger partial charge in [0.15, 0.2) is 0 Å². The lowest BCUT2D eigenvalue weighted by Crippen LogP contribution is -2.35. The molecule has 2 heterocycles. The van der Waals surface area contributed by atoms with Crippen LogP contribution in [0.2, 0.25) is 0 Å². The second-order valence-corrected chi connectivity index (χ2v) is 6.30. The number of aliphatic hydroxyl groups is 1. The number of benzene rings is 1. The van der Waals surface area contributed by atoms with Crippen LogP contribution in [0.4, 0.5) is 0 Å². The third-order valence-corrected chi connectivity index (χ3v) is 4.77. The summed E-state index contributed by atoms with van der Waals surface area (Å²) in [6.07, 6.45) is 5.18. The minimum atomic E-state index is -0.460. The molecule has 1 saturated heterocycles. The lowest BCUT2D eigenvalue weighted by Gasteiger charge is -2.34. The summed E-state index contributed by atoms with van der Waals surface area (Å²) in [5, 5.41) is 10.5. The van der Waals surface area contributed by atoms with Crippen LogP contribution in [0.15, 0.2) is 36.7 Å². The van der Waals surface area contributed by atoms with Gasteiger partial charge < -0.3 is 14.4 Å². The molecule has 0 aliphatic carbocycles. The van der Waals surface area contributed by atoms with Gasteiger partial charge in [0.1, 0.15) is 17.7 Å². The SMILES string of the molecule is COc1ccc(CN2CCC(C(O)c3nccn3C)CC2)cc1. The number of rotatable bonds is 5. The molecule has 1 N–H and O–H groups in total. The second-order valence-electron chi connectivity index (χ2n) is 6.30. The Bertz CT molecular complexity index is 615. The molecule has 0 spiro atoms. The van der Waals surface area contributed by atoms with Crippen LogP contribution in [-0.4, -0.2) is 39.8 Å². The van der Waals surface area contributed by atoms with Crippen LogP contribution < -0.4 is 4.74 Å². The summed E-state index contributed by atoms with van der Waals surface area (Å²) in [7, 11) is 3.62. The fourth-order valence-electron chi connectivity index (χ4n) is 3.29. The molecule has 1 unspecified atom stereocenters. The van der Waals surface area contributed by atoms with E-state index < -0.39 is 6.10 Å². The Morgan fingerprint density at radius 2 is 1.96 bits per heavy atom. The summed E-state index contributed by atoms with van der Waals surface area (Å²) < 4.78 is 7.11. The highest BCUT2D eigenvalue weighted by molar-refractivity contribution is 5.27. The first-order valence-electron chi connectivity index (χ1n) is 8.18. The first-order chi connectivity index (χ1) is 11.2. The number of hydrogen-bond acceptors (Lipinski definition) is 4. The Morgan fingerprint density at radius 3 is 2.52 bits per heavy atom. The lowest BCUT2D eigenvalue weighted by atomic mass is 9.90. The topological polar surface area (TPSA) is 50.5 Å². The molecule has 1 aromatic carbocycles. The number of aryl methyl sites for hydroxylation is 1. The van der Waals surface area contributed by atoms with Crippen LogP contribution in [0.5, 0.6) is 5.75 Å². The van der Waals surface area contributed by atoms with Crippen LogP contribution in [0.3, 0.4) is 0 Å². The molecule has 0 radical (unpaired) electrons. The van der Waals surface area contributed by atoms with E-state index in [0.717, 1.165) is 44.0 Å². The largest absolute Gasteiger partial charge is 0.497 e. The summed E-state index contributed by atoms with van der Waals surface area (Å²) in [6.45, 7) is 2.98. The Kier molecular flexibility index (Phi) is 4.98. The first kappa shape index (κ1) is 16.0. The van der Waals surface area contributed by atoms with Gasteiger partial charge >= 0.3 is 0 Å². The predicted molar refractivity (Wildman–Crippen MR) is 89.2 cm³/mol. The third kappa shape index (κ3) is 3.74. The van der Waals surface area contributed by atoms with Crippen molar-refractivity contribution in [2.45, 2.75) is 25.5 Å². The summed E-state index contributed by atoms with van der Waals surface area (Å²) in [5.41, 5.74) is 1.30. The number of hydrogen-bond donors (Lipinski definition) is 1. The maximum atomic E-state index is 10.5. The van der Waals surface area contributed by atoms with E-state index in [1.807, 2.05) is 29.9 Å². The molecular weight excluding hydrogens is 290 g/mol. The minimum Gasteiger partial charge on any atom is -0.497 e. The highest BCUT2D eigenvalue weighted by Gasteiger charge is 2.28.